The molecule has 1 saturated heterocycles. The summed E-state index contributed by atoms with van der Waals surface area (Å²) in [6.07, 6.45) is 8.92. The molecule has 0 aromatic carbocycles. The summed E-state index contributed by atoms with van der Waals surface area (Å²) in [6.45, 7) is 2.09. The molecule has 0 spiro atoms. The number of aromatic nitrogens is 2. The summed E-state index contributed by atoms with van der Waals surface area (Å²) >= 11 is 2.09. The van der Waals surface area contributed by atoms with Crippen LogP contribution in [-0.4, -0.2) is 27.8 Å². The molecule has 3 rings (SSSR count). The molecule has 1 aromatic heterocycles. The van der Waals surface area contributed by atoms with Crippen LogP contribution in [0.25, 0.3) is 0 Å². The van der Waals surface area contributed by atoms with Gasteiger partial charge in [0, 0.05) is 12.7 Å². The normalized spacial score (nSPS) is 25.0. The van der Waals surface area contributed by atoms with Crippen molar-refractivity contribution in [3.63, 3.8) is 0 Å². The zero-order valence-corrected chi connectivity index (χ0v) is 11.8. The van der Waals surface area contributed by atoms with Gasteiger partial charge in [-0.2, -0.15) is 16.9 Å². The summed E-state index contributed by atoms with van der Waals surface area (Å²) in [5.74, 6) is 3.57. The third kappa shape index (κ3) is 3.09. The van der Waals surface area contributed by atoms with E-state index in [9.17, 15) is 0 Å². The average Bonchev–Trinajstić information content (AvgIpc) is 3.12. The molecule has 1 saturated carbocycles. The molecule has 100 valence electrons. The van der Waals surface area contributed by atoms with Crippen molar-refractivity contribution in [3.8, 4) is 0 Å². The fourth-order valence-electron chi connectivity index (χ4n) is 2.99. The molecule has 18 heavy (non-hydrogen) atoms. The molecule has 2 heterocycles. The second kappa shape index (κ2) is 6.11. The molecule has 1 atom stereocenters. The van der Waals surface area contributed by atoms with Gasteiger partial charge >= 0.3 is 0 Å². The molecule has 2 fully saturated rings. The van der Waals surface area contributed by atoms with E-state index in [4.69, 9.17) is 5.10 Å². The maximum absolute atomic E-state index is 4.71. The number of hydrogen-bond acceptors (Lipinski definition) is 3. The summed E-state index contributed by atoms with van der Waals surface area (Å²) in [5.41, 5.74) is 1.20. The second-order valence-electron chi connectivity index (χ2n) is 5.59. The Morgan fingerprint density at radius 2 is 2.22 bits per heavy atom. The Hall–Kier alpha value is -0.480. The first-order chi connectivity index (χ1) is 8.92. The van der Waals surface area contributed by atoms with Crippen molar-refractivity contribution in [2.24, 2.45) is 5.92 Å². The standard InChI is InChI=1S/C14H23N3S/c1-2-4-14(3-1)17-7-5-13(16-17)10-15-9-12-6-8-18-11-12/h5,7,12,14-15H,1-4,6,8-11H2. The van der Waals surface area contributed by atoms with Gasteiger partial charge in [0.2, 0.25) is 0 Å². The molecule has 0 radical (unpaired) electrons. The van der Waals surface area contributed by atoms with Crippen molar-refractivity contribution in [1.82, 2.24) is 15.1 Å². The van der Waals surface area contributed by atoms with Crippen molar-refractivity contribution in [1.29, 1.82) is 0 Å². The van der Waals surface area contributed by atoms with E-state index < -0.39 is 0 Å². The number of rotatable bonds is 5. The van der Waals surface area contributed by atoms with Crippen LogP contribution in [0.1, 0.15) is 43.8 Å². The first-order valence-electron chi connectivity index (χ1n) is 7.24. The zero-order chi connectivity index (χ0) is 12.2. The molecular weight excluding hydrogens is 242 g/mol. The molecule has 0 bridgehead atoms. The van der Waals surface area contributed by atoms with Crippen LogP contribution >= 0.6 is 11.8 Å². The molecule has 1 N–H and O–H groups in total. The van der Waals surface area contributed by atoms with Crippen LogP contribution in [0.5, 0.6) is 0 Å². The number of hydrogen-bond donors (Lipinski definition) is 1. The Balaban J connectivity index is 1.44. The highest BCUT2D eigenvalue weighted by Crippen LogP contribution is 2.28. The smallest absolute Gasteiger partial charge is 0.0762 e. The van der Waals surface area contributed by atoms with Gasteiger partial charge < -0.3 is 5.32 Å². The van der Waals surface area contributed by atoms with Gasteiger partial charge in [0.1, 0.15) is 0 Å². The molecule has 2 aliphatic rings. The van der Waals surface area contributed by atoms with Gasteiger partial charge in [0.15, 0.2) is 0 Å². The highest BCUT2D eigenvalue weighted by Gasteiger charge is 2.18. The summed E-state index contributed by atoms with van der Waals surface area (Å²) in [4.78, 5) is 0. The number of nitrogens with one attached hydrogen (secondary N) is 1. The SMILES string of the molecule is c1cn(C2CCCC2)nc1CNCC1CCSC1. The van der Waals surface area contributed by atoms with E-state index in [0.29, 0.717) is 6.04 Å². The van der Waals surface area contributed by atoms with E-state index in [1.54, 1.807) is 0 Å². The van der Waals surface area contributed by atoms with Crippen LogP contribution in [0.2, 0.25) is 0 Å². The lowest BCUT2D eigenvalue weighted by Crippen LogP contribution is -2.22. The van der Waals surface area contributed by atoms with Crippen molar-refractivity contribution >= 4 is 11.8 Å². The monoisotopic (exact) mass is 265 g/mol. The number of thioether (sulfide) groups is 1. The topological polar surface area (TPSA) is 29.9 Å². The highest BCUT2D eigenvalue weighted by atomic mass is 32.2. The van der Waals surface area contributed by atoms with Gasteiger partial charge in [-0.25, -0.2) is 0 Å². The van der Waals surface area contributed by atoms with Crippen LogP contribution in [-0.2, 0) is 6.54 Å². The molecular formula is C14H23N3S. The fourth-order valence-corrected chi connectivity index (χ4v) is 4.28. The summed E-state index contributed by atoms with van der Waals surface area (Å²) in [6, 6.07) is 2.85. The summed E-state index contributed by atoms with van der Waals surface area (Å²) in [5, 5.41) is 8.26. The van der Waals surface area contributed by atoms with Crippen molar-refractivity contribution in [2.75, 3.05) is 18.1 Å². The quantitative estimate of drug-likeness (QED) is 0.888. The Morgan fingerprint density at radius 3 is 3.00 bits per heavy atom. The minimum absolute atomic E-state index is 0.671. The first-order valence-corrected chi connectivity index (χ1v) is 8.40. The third-order valence-electron chi connectivity index (χ3n) is 4.13. The Kier molecular flexibility index (Phi) is 4.26. The van der Waals surface area contributed by atoms with E-state index in [1.165, 1.54) is 49.3 Å². The van der Waals surface area contributed by atoms with Crippen LogP contribution in [0, 0.1) is 5.92 Å². The van der Waals surface area contributed by atoms with Crippen molar-refractivity contribution < 1.29 is 0 Å². The van der Waals surface area contributed by atoms with Crippen LogP contribution in [0.4, 0.5) is 0 Å². The lowest BCUT2D eigenvalue weighted by atomic mass is 10.1. The van der Waals surface area contributed by atoms with Gasteiger partial charge in [0.05, 0.1) is 11.7 Å². The Morgan fingerprint density at radius 1 is 1.33 bits per heavy atom. The van der Waals surface area contributed by atoms with Gasteiger partial charge in [-0.15, -0.1) is 0 Å². The summed E-state index contributed by atoms with van der Waals surface area (Å²) in [7, 11) is 0. The van der Waals surface area contributed by atoms with Crippen molar-refractivity contribution in [3.05, 3.63) is 18.0 Å². The maximum Gasteiger partial charge on any atom is 0.0762 e. The van der Waals surface area contributed by atoms with Gasteiger partial charge in [-0.1, -0.05) is 12.8 Å². The molecule has 0 amide bonds. The van der Waals surface area contributed by atoms with Gasteiger partial charge in [0.25, 0.3) is 0 Å². The molecule has 4 heteroatoms. The Labute approximate surface area is 114 Å². The van der Waals surface area contributed by atoms with E-state index in [-0.39, 0.29) is 0 Å². The largest absolute Gasteiger partial charge is 0.311 e. The van der Waals surface area contributed by atoms with Gasteiger partial charge in [-0.3, -0.25) is 4.68 Å². The summed E-state index contributed by atoms with van der Waals surface area (Å²) < 4.78 is 2.19. The molecule has 1 aliphatic heterocycles. The molecule has 1 aromatic rings. The molecule has 1 unspecified atom stereocenters. The maximum atomic E-state index is 4.71. The first kappa shape index (κ1) is 12.5. The molecule has 3 nitrogen and oxygen atoms in total. The number of nitrogens with zero attached hydrogens (tertiary/aromatic N) is 2. The van der Waals surface area contributed by atoms with E-state index in [2.05, 4.69) is 34.0 Å². The molecule has 1 aliphatic carbocycles. The fraction of sp³-hybridized carbons (Fsp3) is 0.786. The van der Waals surface area contributed by atoms with Crippen LogP contribution in [0.15, 0.2) is 12.3 Å². The average molecular weight is 265 g/mol. The minimum atomic E-state index is 0.671. The van der Waals surface area contributed by atoms with E-state index in [1.807, 2.05) is 0 Å². The van der Waals surface area contributed by atoms with Crippen LogP contribution < -0.4 is 5.32 Å². The third-order valence-corrected chi connectivity index (χ3v) is 5.36. The van der Waals surface area contributed by atoms with Crippen molar-refractivity contribution in [2.45, 2.75) is 44.7 Å². The van der Waals surface area contributed by atoms with E-state index >= 15 is 0 Å². The van der Waals surface area contributed by atoms with Gasteiger partial charge in [-0.05, 0) is 49.3 Å². The zero-order valence-electron chi connectivity index (χ0n) is 11.0. The predicted octanol–water partition coefficient (Wildman–Crippen LogP) is 2.84. The lowest BCUT2D eigenvalue weighted by molar-refractivity contribution is 0.457. The second-order valence-corrected chi connectivity index (χ2v) is 6.74. The Bertz CT molecular complexity index is 365. The van der Waals surface area contributed by atoms with E-state index in [0.717, 1.165) is 19.0 Å². The minimum Gasteiger partial charge on any atom is -0.311 e. The predicted molar refractivity (Wildman–Crippen MR) is 76.9 cm³/mol. The lowest BCUT2D eigenvalue weighted by Gasteiger charge is -2.10. The van der Waals surface area contributed by atoms with Crippen LogP contribution in [0.3, 0.4) is 0 Å². The highest BCUT2D eigenvalue weighted by molar-refractivity contribution is 7.99.